The van der Waals surface area contributed by atoms with Crippen molar-refractivity contribution in [2.24, 2.45) is 0 Å². The molecular weight excluding hydrogens is 548 g/mol. The number of carbonyl (C=O) groups is 1. The van der Waals surface area contributed by atoms with Gasteiger partial charge in [0, 0.05) is 18.7 Å². The summed E-state index contributed by atoms with van der Waals surface area (Å²) in [6.45, 7) is 1.85. The first-order chi connectivity index (χ1) is 18.6. The fourth-order valence-electron chi connectivity index (χ4n) is 4.79. The molecule has 3 heterocycles. The third kappa shape index (κ3) is 4.49. The second kappa shape index (κ2) is 9.93. The Balaban J connectivity index is 1.75. The molecule has 0 spiro atoms. The maximum atomic E-state index is 14.2. The Bertz CT molecular complexity index is 1800. The first-order valence-corrected chi connectivity index (χ1v) is 13.8. The number of methoxy groups -OCH3 is 2. The molecule has 0 radical (unpaired) electrons. The molecule has 0 bridgehead atoms. The zero-order valence-electron chi connectivity index (χ0n) is 21.3. The lowest BCUT2D eigenvalue weighted by molar-refractivity contribution is 0.0690. The number of aromatic carboxylic acids is 1. The smallest absolute Gasteiger partial charge is 0.354 e. The van der Waals surface area contributed by atoms with Crippen LogP contribution in [0.5, 0.6) is 11.5 Å². The Morgan fingerprint density at radius 2 is 1.87 bits per heavy atom. The normalized spacial score (nSPS) is 13.7. The number of pyridine rings is 1. The van der Waals surface area contributed by atoms with Gasteiger partial charge in [0.1, 0.15) is 16.4 Å². The van der Waals surface area contributed by atoms with Crippen LogP contribution >= 0.6 is 11.6 Å². The van der Waals surface area contributed by atoms with Crippen molar-refractivity contribution in [3.05, 3.63) is 68.7 Å². The monoisotopic (exact) mass is 572 g/mol. The molecule has 11 nitrogen and oxygen atoms in total. The number of nitrogens with zero attached hydrogens (tertiary/aromatic N) is 3. The van der Waals surface area contributed by atoms with Crippen molar-refractivity contribution < 1.29 is 27.8 Å². The summed E-state index contributed by atoms with van der Waals surface area (Å²) >= 11 is 6.55. The predicted molar refractivity (Wildman–Crippen MR) is 145 cm³/mol. The molecule has 0 unspecified atom stereocenters. The van der Waals surface area contributed by atoms with Crippen LogP contribution in [0.1, 0.15) is 34.5 Å². The quantitative estimate of drug-likeness (QED) is 0.354. The van der Waals surface area contributed by atoms with Crippen molar-refractivity contribution in [1.82, 2.24) is 14.5 Å². The summed E-state index contributed by atoms with van der Waals surface area (Å²) in [5, 5.41) is 9.51. The van der Waals surface area contributed by atoms with Crippen LogP contribution in [0, 0.1) is 6.92 Å². The molecule has 0 atom stereocenters. The summed E-state index contributed by atoms with van der Waals surface area (Å²) in [7, 11) is -1.40. The number of nitrogens with one attached hydrogen (secondary N) is 1. The molecule has 1 aliphatic heterocycles. The molecule has 0 saturated heterocycles. The Morgan fingerprint density at radius 1 is 1.10 bits per heavy atom. The highest BCUT2D eigenvalue weighted by atomic mass is 35.5. The van der Waals surface area contributed by atoms with E-state index in [1.165, 1.54) is 36.7 Å². The van der Waals surface area contributed by atoms with Crippen LogP contribution in [0.15, 0.2) is 46.1 Å². The van der Waals surface area contributed by atoms with Crippen molar-refractivity contribution in [3.63, 3.8) is 0 Å². The number of carboxylic acids is 1. The Kier molecular flexibility index (Phi) is 6.77. The molecule has 0 aliphatic carbocycles. The SMILES string of the molecule is COc1ccc2c(c1)N(S(=O)(=O)c1cc(-n3c(=O)[nH]c4c(C)cc(C(=O)O)nc43)c(Cl)cc1OC)CCCC2. The second-order valence-corrected chi connectivity index (χ2v) is 11.3. The average molecular weight is 573 g/mol. The molecule has 2 N–H and O–H groups in total. The van der Waals surface area contributed by atoms with Crippen LogP contribution < -0.4 is 19.5 Å². The van der Waals surface area contributed by atoms with Gasteiger partial charge in [0.25, 0.3) is 10.0 Å². The van der Waals surface area contributed by atoms with Crippen molar-refractivity contribution in [3.8, 4) is 17.2 Å². The van der Waals surface area contributed by atoms with E-state index in [1.54, 1.807) is 19.1 Å². The number of aromatic amines is 1. The third-order valence-corrected chi connectivity index (χ3v) is 8.86. The predicted octanol–water partition coefficient (Wildman–Crippen LogP) is 3.92. The van der Waals surface area contributed by atoms with E-state index in [0.29, 0.717) is 35.4 Å². The molecule has 0 fully saturated rings. The van der Waals surface area contributed by atoms with Gasteiger partial charge in [0.05, 0.1) is 36.1 Å². The summed E-state index contributed by atoms with van der Waals surface area (Å²) in [5.41, 5.74) is 1.19. The molecule has 2 aromatic carbocycles. The first kappa shape index (κ1) is 26.6. The van der Waals surface area contributed by atoms with E-state index in [1.807, 2.05) is 6.07 Å². The Labute approximate surface area is 228 Å². The highest BCUT2D eigenvalue weighted by molar-refractivity contribution is 7.93. The third-order valence-electron chi connectivity index (χ3n) is 6.72. The van der Waals surface area contributed by atoms with E-state index >= 15 is 0 Å². The van der Waals surface area contributed by atoms with Gasteiger partial charge in [-0.25, -0.2) is 27.6 Å². The fourth-order valence-corrected chi connectivity index (χ4v) is 6.73. The number of halogens is 1. The van der Waals surface area contributed by atoms with E-state index in [2.05, 4.69) is 9.97 Å². The van der Waals surface area contributed by atoms with Gasteiger partial charge in [-0.2, -0.15) is 0 Å². The molecule has 1 aliphatic rings. The molecule has 39 heavy (non-hydrogen) atoms. The lowest BCUT2D eigenvalue weighted by Gasteiger charge is -2.26. The number of aryl methyl sites for hydroxylation is 2. The summed E-state index contributed by atoms with van der Waals surface area (Å²) < 4.78 is 41.6. The Morgan fingerprint density at radius 3 is 2.56 bits per heavy atom. The molecule has 0 saturated carbocycles. The minimum absolute atomic E-state index is 0.00216. The summed E-state index contributed by atoms with van der Waals surface area (Å²) in [5.74, 6) is -0.777. The number of ether oxygens (including phenoxy) is 2. The summed E-state index contributed by atoms with van der Waals surface area (Å²) in [6.07, 6.45) is 2.13. The molecule has 2 aromatic heterocycles. The van der Waals surface area contributed by atoms with Gasteiger partial charge in [-0.05, 0) is 55.5 Å². The fraction of sp³-hybridized carbons (Fsp3) is 0.269. The summed E-state index contributed by atoms with van der Waals surface area (Å²) in [6, 6.07) is 9.23. The van der Waals surface area contributed by atoms with E-state index in [4.69, 9.17) is 21.1 Å². The Hall–Kier alpha value is -4.03. The van der Waals surface area contributed by atoms with Crippen molar-refractivity contribution in [1.29, 1.82) is 0 Å². The zero-order chi connectivity index (χ0) is 28.1. The highest BCUT2D eigenvalue weighted by Gasteiger charge is 2.33. The van der Waals surface area contributed by atoms with Gasteiger partial charge in [-0.15, -0.1) is 0 Å². The topological polar surface area (TPSA) is 144 Å². The standard InChI is InChI=1S/C26H25ClN4O7S/c1-14-10-18(25(32)33)28-24-23(14)29-26(34)31(24)20-13-22(21(38-3)12-17(20)27)39(35,36)30-9-5-4-6-15-7-8-16(37-2)11-19(15)30/h7-8,10-13H,4-6,9H2,1-3H3,(H,29,34)(H,32,33). The van der Waals surface area contributed by atoms with E-state index < -0.39 is 21.7 Å². The van der Waals surface area contributed by atoms with Crippen molar-refractivity contribution in [2.75, 3.05) is 25.1 Å². The van der Waals surface area contributed by atoms with Gasteiger partial charge in [0.2, 0.25) is 0 Å². The number of fused-ring (bicyclic) bond motifs is 2. The van der Waals surface area contributed by atoms with E-state index in [0.717, 1.165) is 16.6 Å². The number of imidazole rings is 1. The molecule has 0 amide bonds. The lowest BCUT2D eigenvalue weighted by Crippen LogP contribution is -2.32. The zero-order valence-corrected chi connectivity index (χ0v) is 22.9. The van der Waals surface area contributed by atoms with Crippen LogP contribution in [0.25, 0.3) is 16.9 Å². The molecule has 4 aromatic rings. The minimum atomic E-state index is -4.24. The number of sulfonamides is 1. The van der Waals surface area contributed by atoms with Gasteiger partial charge in [0.15, 0.2) is 11.3 Å². The number of carboxylic acid groups (broad SMARTS) is 1. The number of rotatable bonds is 6. The van der Waals surface area contributed by atoms with Crippen LogP contribution in [0.2, 0.25) is 5.02 Å². The average Bonchev–Trinajstić information content (AvgIpc) is 3.09. The van der Waals surface area contributed by atoms with Gasteiger partial charge >= 0.3 is 11.7 Å². The minimum Gasteiger partial charge on any atom is -0.497 e. The number of anilines is 1. The van der Waals surface area contributed by atoms with E-state index in [-0.39, 0.29) is 39.2 Å². The molecule has 5 rings (SSSR count). The molecule has 204 valence electrons. The number of H-pyrrole nitrogens is 1. The number of hydrogen-bond donors (Lipinski definition) is 2. The lowest BCUT2D eigenvalue weighted by atomic mass is 10.1. The van der Waals surface area contributed by atoms with Gasteiger partial charge < -0.3 is 19.6 Å². The van der Waals surface area contributed by atoms with E-state index in [9.17, 15) is 23.1 Å². The number of hydrogen-bond acceptors (Lipinski definition) is 7. The molecular formula is C26H25ClN4O7S. The van der Waals surface area contributed by atoms with Crippen LogP contribution in [-0.2, 0) is 16.4 Å². The maximum Gasteiger partial charge on any atom is 0.354 e. The van der Waals surface area contributed by atoms with Crippen molar-refractivity contribution in [2.45, 2.75) is 31.1 Å². The maximum absolute atomic E-state index is 14.2. The largest absolute Gasteiger partial charge is 0.497 e. The van der Waals surface area contributed by atoms with Crippen LogP contribution in [0.3, 0.4) is 0 Å². The summed E-state index contributed by atoms with van der Waals surface area (Å²) in [4.78, 5) is 31.3. The second-order valence-electron chi connectivity index (χ2n) is 9.08. The highest BCUT2D eigenvalue weighted by Crippen LogP contribution is 2.39. The van der Waals surface area contributed by atoms with Gasteiger partial charge in [-0.1, -0.05) is 17.7 Å². The van der Waals surface area contributed by atoms with Gasteiger partial charge in [-0.3, -0.25) is 4.31 Å². The number of benzene rings is 2. The van der Waals surface area contributed by atoms with Crippen LogP contribution in [-0.4, -0.2) is 54.8 Å². The van der Waals surface area contributed by atoms with Crippen molar-refractivity contribution >= 4 is 44.4 Å². The van der Waals surface area contributed by atoms with Crippen LogP contribution in [0.4, 0.5) is 5.69 Å². The molecule has 13 heteroatoms. The first-order valence-electron chi connectivity index (χ1n) is 12.0. The number of aromatic nitrogens is 3.